The first-order valence-electron chi connectivity index (χ1n) is 6.89. The highest BCUT2D eigenvalue weighted by Gasteiger charge is 2.33. The van der Waals surface area contributed by atoms with E-state index in [0.717, 1.165) is 17.0 Å². The van der Waals surface area contributed by atoms with E-state index < -0.39 is 17.6 Å². The normalized spacial score (nSPS) is 11.7. The molecular weight excluding hydrogens is 305 g/mol. The molecule has 0 fully saturated rings. The molecule has 0 aliphatic rings. The zero-order valence-corrected chi connectivity index (χ0v) is 12.2. The molecule has 0 radical (unpaired) electrons. The molecule has 0 unspecified atom stereocenters. The highest BCUT2D eigenvalue weighted by Crippen LogP contribution is 2.34. The van der Waals surface area contributed by atoms with Gasteiger partial charge in [0.1, 0.15) is 0 Å². The Bertz CT molecular complexity index is 881. The number of aromatic nitrogens is 1. The molecular formula is C17H13F3N2O. The molecule has 0 saturated carbocycles. The van der Waals surface area contributed by atoms with Gasteiger partial charge >= 0.3 is 6.18 Å². The summed E-state index contributed by atoms with van der Waals surface area (Å²) in [7, 11) is 1.84. The van der Waals surface area contributed by atoms with Crippen LogP contribution in [0.3, 0.4) is 0 Å². The number of carbonyl (C=O) groups is 1. The smallest absolute Gasteiger partial charge is 0.351 e. The van der Waals surface area contributed by atoms with Crippen LogP contribution in [0.2, 0.25) is 0 Å². The van der Waals surface area contributed by atoms with Crippen LogP contribution in [0.25, 0.3) is 10.9 Å². The number of hydrogen-bond acceptors (Lipinski definition) is 1. The Morgan fingerprint density at radius 3 is 2.57 bits per heavy atom. The summed E-state index contributed by atoms with van der Waals surface area (Å²) in [6.45, 7) is 0. The second-order valence-electron chi connectivity index (χ2n) is 5.20. The molecule has 118 valence electrons. The van der Waals surface area contributed by atoms with E-state index in [2.05, 4.69) is 5.32 Å². The Labute approximate surface area is 130 Å². The van der Waals surface area contributed by atoms with Crippen LogP contribution in [0, 0.1) is 0 Å². The van der Waals surface area contributed by atoms with Crippen LogP contribution in [-0.4, -0.2) is 10.5 Å². The number of alkyl halides is 3. The van der Waals surface area contributed by atoms with Gasteiger partial charge in [0, 0.05) is 24.3 Å². The van der Waals surface area contributed by atoms with Gasteiger partial charge in [0.2, 0.25) is 0 Å². The number of benzene rings is 2. The molecule has 0 spiro atoms. The zero-order chi connectivity index (χ0) is 16.6. The molecule has 0 atom stereocenters. The SMILES string of the molecule is Cn1ccc2ccc(C(=O)Nc3ccccc3C(F)(F)F)cc21. The first-order valence-corrected chi connectivity index (χ1v) is 6.89. The van der Waals surface area contributed by atoms with Crippen molar-refractivity contribution in [1.82, 2.24) is 4.57 Å². The van der Waals surface area contributed by atoms with Crippen LogP contribution in [0.5, 0.6) is 0 Å². The van der Waals surface area contributed by atoms with Gasteiger partial charge < -0.3 is 9.88 Å². The molecule has 3 aromatic rings. The molecule has 23 heavy (non-hydrogen) atoms. The molecule has 1 heterocycles. The van der Waals surface area contributed by atoms with Gasteiger partial charge in [-0.1, -0.05) is 18.2 Å². The van der Waals surface area contributed by atoms with Crippen LogP contribution in [0.15, 0.2) is 54.7 Å². The van der Waals surface area contributed by atoms with Crippen molar-refractivity contribution in [3.05, 3.63) is 65.9 Å². The van der Waals surface area contributed by atoms with Crippen LogP contribution in [-0.2, 0) is 13.2 Å². The standard InChI is InChI=1S/C17H13F3N2O/c1-22-9-8-11-6-7-12(10-15(11)22)16(23)21-14-5-3-2-4-13(14)17(18,19)20/h2-10H,1H3,(H,21,23). The number of amides is 1. The maximum atomic E-state index is 13.0. The van der Waals surface area contributed by atoms with E-state index in [4.69, 9.17) is 0 Å². The van der Waals surface area contributed by atoms with Crippen LogP contribution >= 0.6 is 0 Å². The number of fused-ring (bicyclic) bond motifs is 1. The molecule has 0 saturated heterocycles. The Hall–Kier alpha value is -2.76. The summed E-state index contributed by atoms with van der Waals surface area (Å²) in [5.74, 6) is -0.579. The summed E-state index contributed by atoms with van der Waals surface area (Å²) >= 11 is 0. The van der Waals surface area contributed by atoms with E-state index in [1.807, 2.05) is 23.9 Å². The van der Waals surface area contributed by atoms with Crippen molar-refractivity contribution >= 4 is 22.5 Å². The summed E-state index contributed by atoms with van der Waals surface area (Å²) in [6.07, 6.45) is -2.67. The predicted octanol–water partition coefficient (Wildman–Crippen LogP) is 4.45. The topological polar surface area (TPSA) is 34.0 Å². The molecule has 2 aromatic carbocycles. The van der Waals surface area contributed by atoms with E-state index in [-0.39, 0.29) is 5.69 Å². The van der Waals surface area contributed by atoms with Crippen LogP contribution in [0.1, 0.15) is 15.9 Å². The number of hydrogen-bond donors (Lipinski definition) is 1. The average molecular weight is 318 g/mol. The van der Waals surface area contributed by atoms with E-state index in [1.165, 1.54) is 18.2 Å². The fourth-order valence-electron chi connectivity index (χ4n) is 2.44. The molecule has 1 N–H and O–H groups in total. The van der Waals surface area contributed by atoms with Gasteiger partial charge in [-0.25, -0.2) is 0 Å². The Morgan fingerprint density at radius 1 is 1.09 bits per heavy atom. The third-order valence-corrected chi connectivity index (χ3v) is 3.63. The molecule has 0 aliphatic heterocycles. The van der Waals surface area contributed by atoms with E-state index in [9.17, 15) is 18.0 Å². The maximum Gasteiger partial charge on any atom is 0.418 e. The summed E-state index contributed by atoms with van der Waals surface area (Å²) in [4.78, 5) is 12.3. The summed E-state index contributed by atoms with van der Waals surface area (Å²) in [5.41, 5.74) is 0.0170. The monoisotopic (exact) mass is 318 g/mol. The number of halogens is 3. The molecule has 3 rings (SSSR count). The minimum Gasteiger partial charge on any atom is -0.351 e. The van der Waals surface area contributed by atoms with Crippen molar-refractivity contribution in [3.63, 3.8) is 0 Å². The van der Waals surface area contributed by atoms with E-state index in [1.54, 1.807) is 18.2 Å². The van der Waals surface area contributed by atoms with E-state index >= 15 is 0 Å². The average Bonchev–Trinajstić information content (AvgIpc) is 2.87. The summed E-state index contributed by atoms with van der Waals surface area (Å²) < 4.78 is 40.7. The number of aryl methyl sites for hydroxylation is 1. The Morgan fingerprint density at radius 2 is 1.83 bits per heavy atom. The van der Waals surface area contributed by atoms with Crippen molar-refractivity contribution in [1.29, 1.82) is 0 Å². The molecule has 1 amide bonds. The van der Waals surface area contributed by atoms with Gasteiger partial charge in [-0.3, -0.25) is 4.79 Å². The lowest BCUT2D eigenvalue weighted by Crippen LogP contribution is -2.16. The highest BCUT2D eigenvalue weighted by atomic mass is 19.4. The third kappa shape index (κ3) is 2.92. The second-order valence-corrected chi connectivity index (χ2v) is 5.20. The molecule has 0 aliphatic carbocycles. The van der Waals surface area contributed by atoms with Gasteiger partial charge in [-0.2, -0.15) is 13.2 Å². The number of nitrogens with one attached hydrogen (secondary N) is 1. The highest BCUT2D eigenvalue weighted by molar-refractivity contribution is 6.06. The van der Waals surface area contributed by atoms with Crippen molar-refractivity contribution in [2.75, 3.05) is 5.32 Å². The van der Waals surface area contributed by atoms with Gasteiger partial charge in [0.15, 0.2) is 0 Å². The van der Waals surface area contributed by atoms with Crippen molar-refractivity contribution in [3.8, 4) is 0 Å². The maximum absolute atomic E-state index is 13.0. The second kappa shape index (κ2) is 5.46. The summed E-state index contributed by atoms with van der Waals surface area (Å²) in [6, 6.07) is 11.8. The number of para-hydroxylation sites is 1. The van der Waals surface area contributed by atoms with Gasteiger partial charge in [-0.05, 0) is 35.7 Å². The van der Waals surface area contributed by atoms with Crippen LogP contribution < -0.4 is 5.32 Å². The lowest BCUT2D eigenvalue weighted by Gasteiger charge is -2.13. The number of carbonyl (C=O) groups excluding carboxylic acids is 1. The first kappa shape index (κ1) is 15.1. The van der Waals surface area contributed by atoms with Gasteiger partial charge in [-0.15, -0.1) is 0 Å². The molecule has 3 nitrogen and oxygen atoms in total. The lowest BCUT2D eigenvalue weighted by molar-refractivity contribution is -0.136. The lowest BCUT2D eigenvalue weighted by atomic mass is 10.1. The fourth-order valence-corrected chi connectivity index (χ4v) is 2.44. The minimum atomic E-state index is -4.52. The van der Waals surface area contributed by atoms with E-state index in [0.29, 0.717) is 5.56 Å². The zero-order valence-electron chi connectivity index (χ0n) is 12.2. The largest absolute Gasteiger partial charge is 0.418 e. The van der Waals surface area contributed by atoms with Gasteiger partial charge in [0.05, 0.1) is 11.3 Å². The Kier molecular flexibility index (Phi) is 3.60. The third-order valence-electron chi connectivity index (χ3n) is 3.63. The van der Waals surface area contributed by atoms with Crippen molar-refractivity contribution in [2.45, 2.75) is 6.18 Å². The number of anilines is 1. The number of nitrogens with zero attached hydrogens (tertiary/aromatic N) is 1. The van der Waals surface area contributed by atoms with Gasteiger partial charge in [0.25, 0.3) is 5.91 Å². The predicted molar refractivity (Wildman–Crippen MR) is 82.3 cm³/mol. The molecule has 0 bridgehead atoms. The minimum absolute atomic E-state index is 0.253. The Balaban J connectivity index is 1.93. The van der Waals surface area contributed by atoms with Crippen molar-refractivity contribution < 1.29 is 18.0 Å². The first-order chi connectivity index (χ1) is 10.9. The molecule has 6 heteroatoms. The quantitative estimate of drug-likeness (QED) is 0.744. The fraction of sp³-hybridized carbons (Fsp3) is 0.118. The molecule has 1 aromatic heterocycles. The summed E-state index contributed by atoms with van der Waals surface area (Å²) in [5, 5.41) is 3.30. The number of rotatable bonds is 2. The van der Waals surface area contributed by atoms with Crippen molar-refractivity contribution in [2.24, 2.45) is 7.05 Å². The van der Waals surface area contributed by atoms with Crippen LogP contribution in [0.4, 0.5) is 18.9 Å².